The van der Waals surface area contributed by atoms with E-state index in [-0.39, 0.29) is 0 Å². The van der Waals surface area contributed by atoms with Gasteiger partial charge < -0.3 is 9.42 Å². The molecule has 0 amide bonds. The second-order valence-electron chi connectivity index (χ2n) is 6.43. The Morgan fingerprint density at radius 1 is 0.889 bits per heavy atom. The molecule has 3 heterocycles. The van der Waals surface area contributed by atoms with Gasteiger partial charge in [-0.05, 0) is 12.1 Å². The van der Waals surface area contributed by atoms with Crippen molar-refractivity contribution in [2.45, 2.75) is 0 Å². The zero-order valence-corrected chi connectivity index (χ0v) is 15.5. The van der Waals surface area contributed by atoms with Gasteiger partial charge >= 0.3 is 0 Å². The van der Waals surface area contributed by atoms with Crippen LogP contribution in [-0.4, -0.2) is 39.7 Å². The summed E-state index contributed by atoms with van der Waals surface area (Å²) < 4.78 is 5.64. The molecule has 1 aliphatic heterocycles. The van der Waals surface area contributed by atoms with Crippen LogP contribution in [0.2, 0.25) is 0 Å². The number of fused-ring (bicyclic) bond motifs is 1. The summed E-state index contributed by atoms with van der Waals surface area (Å²) >= 11 is 1.99. The SMILES string of the molecule is c1ccc(-c2noc(-c3cc(N4CCSCC4)nc4ccccc34)n2)cc1. The quantitative estimate of drug-likeness (QED) is 0.526. The fourth-order valence-corrected chi connectivity index (χ4v) is 4.23. The monoisotopic (exact) mass is 374 g/mol. The smallest absolute Gasteiger partial charge is 0.259 e. The minimum atomic E-state index is 0.528. The van der Waals surface area contributed by atoms with Crippen molar-refractivity contribution in [1.82, 2.24) is 15.1 Å². The summed E-state index contributed by atoms with van der Waals surface area (Å²) in [6, 6.07) is 20.1. The highest BCUT2D eigenvalue weighted by Crippen LogP contribution is 2.32. The maximum Gasteiger partial charge on any atom is 0.259 e. The van der Waals surface area contributed by atoms with Gasteiger partial charge in [-0.1, -0.05) is 53.7 Å². The van der Waals surface area contributed by atoms with Gasteiger partial charge in [0.1, 0.15) is 5.82 Å². The molecular formula is C21H18N4OS. The largest absolute Gasteiger partial charge is 0.355 e. The predicted molar refractivity (Wildman–Crippen MR) is 110 cm³/mol. The number of hydrogen-bond donors (Lipinski definition) is 0. The van der Waals surface area contributed by atoms with Gasteiger partial charge in [0.25, 0.3) is 5.89 Å². The lowest BCUT2D eigenvalue weighted by molar-refractivity contribution is 0.432. The Kier molecular flexibility index (Phi) is 4.26. The van der Waals surface area contributed by atoms with E-state index >= 15 is 0 Å². The number of aromatic nitrogens is 3. The first-order chi connectivity index (χ1) is 13.4. The summed E-state index contributed by atoms with van der Waals surface area (Å²) in [7, 11) is 0. The number of hydrogen-bond acceptors (Lipinski definition) is 6. The van der Waals surface area contributed by atoms with E-state index < -0.39 is 0 Å². The maximum atomic E-state index is 5.64. The number of rotatable bonds is 3. The van der Waals surface area contributed by atoms with E-state index in [1.54, 1.807) is 0 Å². The highest BCUT2D eigenvalue weighted by atomic mass is 32.2. The molecule has 0 spiro atoms. The number of thioether (sulfide) groups is 1. The van der Waals surface area contributed by atoms with Crippen molar-refractivity contribution >= 4 is 28.5 Å². The zero-order valence-electron chi connectivity index (χ0n) is 14.7. The molecule has 6 heteroatoms. The van der Waals surface area contributed by atoms with Gasteiger partial charge in [0.2, 0.25) is 5.82 Å². The second-order valence-corrected chi connectivity index (χ2v) is 7.66. The molecule has 0 aliphatic carbocycles. The third-order valence-electron chi connectivity index (χ3n) is 4.73. The van der Waals surface area contributed by atoms with Crippen molar-refractivity contribution in [3.63, 3.8) is 0 Å². The molecule has 134 valence electrons. The number of anilines is 1. The van der Waals surface area contributed by atoms with E-state index in [2.05, 4.69) is 27.2 Å². The van der Waals surface area contributed by atoms with Crippen LogP contribution in [-0.2, 0) is 0 Å². The van der Waals surface area contributed by atoms with Crippen LogP contribution in [0, 0.1) is 0 Å². The average molecular weight is 374 g/mol. The third kappa shape index (κ3) is 3.17. The highest BCUT2D eigenvalue weighted by Gasteiger charge is 2.19. The molecule has 1 fully saturated rings. The minimum absolute atomic E-state index is 0.528. The normalized spacial score (nSPS) is 14.6. The van der Waals surface area contributed by atoms with E-state index in [9.17, 15) is 0 Å². The number of pyridine rings is 1. The lowest BCUT2D eigenvalue weighted by atomic mass is 10.1. The topological polar surface area (TPSA) is 55.1 Å². The van der Waals surface area contributed by atoms with Crippen molar-refractivity contribution in [2.75, 3.05) is 29.5 Å². The number of para-hydroxylation sites is 1. The van der Waals surface area contributed by atoms with E-state index in [4.69, 9.17) is 9.51 Å². The Morgan fingerprint density at radius 3 is 2.52 bits per heavy atom. The molecule has 2 aromatic heterocycles. The second kappa shape index (κ2) is 7.04. The van der Waals surface area contributed by atoms with Gasteiger partial charge in [-0.2, -0.15) is 16.7 Å². The first-order valence-corrected chi connectivity index (χ1v) is 10.2. The van der Waals surface area contributed by atoms with Gasteiger partial charge in [-0.15, -0.1) is 0 Å². The zero-order chi connectivity index (χ0) is 18.1. The van der Waals surface area contributed by atoms with Crippen LogP contribution in [0.25, 0.3) is 33.7 Å². The molecule has 4 aromatic rings. The molecule has 1 saturated heterocycles. The molecular weight excluding hydrogens is 356 g/mol. The molecule has 0 N–H and O–H groups in total. The molecule has 0 saturated carbocycles. The lowest BCUT2D eigenvalue weighted by Crippen LogP contribution is -2.33. The molecule has 0 radical (unpaired) electrons. The van der Waals surface area contributed by atoms with Crippen molar-refractivity contribution in [3.05, 3.63) is 60.7 Å². The van der Waals surface area contributed by atoms with Crippen LogP contribution in [0.3, 0.4) is 0 Å². The summed E-state index contributed by atoms with van der Waals surface area (Å²) in [5, 5.41) is 5.21. The summed E-state index contributed by atoms with van der Waals surface area (Å²) in [6.45, 7) is 2.02. The maximum absolute atomic E-state index is 5.64. The van der Waals surface area contributed by atoms with Crippen molar-refractivity contribution in [3.8, 4) is 22.8 Å². The number of benzene rings is 2. The lowest BCUT2D eigenvalue weighted by Gasteiger charge is -2.28. The van der Waals surface area contributed by atoms with E-state index in [1.165, 1.54) is 0 Å². The molecule has 27 heavy (non-hydrogen) atoms. The minimum Gasteiger partial charge on any atom is -0.355 e. The van der Waals surface area contributed by atoms with Gasteiger partial charge in [0.15, 0.2) is 0 Å². The van der Waals surface area contributed by atoms with Crippen LogP contribution in [0.5, 0.6) is 0 Å². The molecule has 2 aromatic carbocycles. The van der Waals surface area contributed by atoms with Gasteiger partial charge in [0.05, 0.1) is 11.1 Å². The van der Waals surface area contributed by atoms with Gasteiger partial charge in [-0.3, -0.25) is 0 Å². The van der Waals surface area contributed by atoms with Crippen molar-refractivity contribution < 1.29 is 4.52 Å². The van der Waals surface area contributed by atoms with Crippen LogP contribution < -0.4 is 4.90 Å². The van der Waals surface area contributed by atoms with E-state index in [0.717, 1.165) is 52.4 Å². The first-order valence-electron chi connectivity index (χ1n) is 9.00. The Labute approximate surface area is 161 Å². The molecule has 0 atom stereocenters. The van der Waals surface area contributed by atoms with E-state index in [1.807, 2.05) is 60.3 Å². The van der Waals surface area contributed by atoms with Crippen LogP contribution >= 0.6 is 11.8 Å². The Balaban J connectivity index is 1.62. The molecule has 0 unspecified atom stereocenters. The van der Waals surface area contributed by atoms with Crippen LogP contribution in [0.1, 0.15) is 0 Å². The molecule has 5 rings (SSSR count). The van der Waals surface area contributed by atoms with Crippen molar-refractivity contribution in [1.29, 1.82) is 0 Å². The van der Waals surface area contributed by atoms with E-state index in [0.29, 0.717) is 11.7 Å². The summed E-state index contributed by atoms with van der Waals surface area (Å²) in [6.07, 6.45) is 0. The fourth-order valence-electron chi connectivity index (χ4n) is 3.33. The Morgan fingerprint density at radius 2 is 1.67 bits per heavy atom. The standard InChI is InChI=1S/C21H18N4OS/c1-2-6-15(7-3-1)20-23-21(26-24-20)17-14-19(25-10-12-27-13-11-25)22-18-9-5-4-8-16(17)18/h1-9,14H,10-13H2. The Bertz CT molecular complexity index is 1070. The molecule has 0 bridgehead atoms. The summed E-state index contributed by atoms with van der Waals surface area (Å²) in [4.78, 5) is 11.9. The predicted octanol–water partition coefficient (Wildman–Crippen LogP) is 4.51. The third-order valence-corrected chi connectivity index (χ3v) is 5.67. The summed E-state index contributed by atoms with van der Waals surface area (Å²) in [5.41, 5.74) is 2.82. The highest BCUT2D eigenvalue weighted by molar-refractivity contribution is 7.99. The molecule has 1 aliphatic rings. The fraction of sp³-hybridized carbons (Fsp3) is 0.190. The summed E-state index contributed by atoms with van der Waals surface area (Å²) in [5.74, 6) is 4.36. The molecule has 5 nitrogen and oxygen atoms in total. The van der Waals surface area contributed by atoms with Gasteiger partial charge in [0, 0.05) is 35.5 Å². The van der Waals surface area contributed by atoms with Crippen molar-refractivity contribution in [2.24, 2.45) is 0 Å². The van der Waals surface area contributed by atoms with Gasteiger partial charge in [-0.25, -0.2) is 4.98 Å². The number of nitrogens with zero attached hydrogens (tertiary/aromatic N) is 4. The van der Waals surface area contributed by atoms with Crippen LogP contribution in [0.15, 0.2) is 65.2 Å². The Hall–Kier alpha value is -2.86. The average Bonchev–Trinajstić information content (AvgIpc) is 3.24. The van der Waals surface area contributed by atoms with Crippen LogP contribution in [0.4, 0.5) is 5.82 Å². The first kappa shape index (κ1) is 16.3.